The van der Waals surface area contributed by atoms with E-state index in [1.54, 1.807) is 0 Å². The average Bonchev–Trinajstić information content (AvgIpc) is 2.72. The van der Waals surface area contributed by atoms with Crippen LogP contribution < -0.4 is 5.32 Å². The van der Waals surface area contributed by atoms with Crippen molar-refractivity contribution in [1.82, 2.24) is 10.3 Å². The van der Waals surface area contributed by atoms with Crippen LogP contribution in [-0.4, -0.2) is 23.2 Å². The zero-order valence-corrected chi connectivity index (χ0v) is 8.37. The van der Waals surface area contributed by atoms with E-state index >= 15 is 0 Å². The molecule has 3 nitrogen and oxygen atoms in total. The third kappa shape index (κ3) is 2.36. The highest BCUT2D eigenvalue weighted by molar-refractivity contribution is 5.07. The molecule has 1 aliphatic rings. The number of H-pyrrole nitrogens is 1. The number of nitrogens with one attached hydrogen (secondary N) is 2. The van der Waals surface area contributed by atoms with Crippen LogP contribution in [0.5, 0.6) is 0 Å². The van der Waals surface area contributed by atoms with Crippen LogP contribution >= 0.6 is 0 Å². The van der Waals surface area contributed by atoms with E-state index in [4.69, 9.17) is 0 Å². The normalized spacial score (nSPS) is 24.8. The summed E-state index contributed by atoms with van der Waals surface area (Å²) in [5.74, 6) is 0.627. The van der Waals surface area contributed by atoms with Crippen molar-refractivity contribution in [2.45, 2.75) is 25.4 Å². The van der Waals surface area contributed by atoms with E-state index in [2.05, 4.69) is 10.3 Å². The molecule has 1 fully saturated rings. The van der Waals surface area contributed by atoms with Gasteiger partial charge in [-0.2, -0.15) is 0 Å². The maximum absolute atomic E-state index is 9.90. The molecule has 1 aliphatic heterocycles. The summed E-state index contributed by atoms with van der Waals surface area (Å²) in [6.07, 6.45) is 4.88. The first-order valence-electron chi connectivity index (χ1n) is 5.38. The molecule has 78 valence electrons. The smallest absolute Gasteiger partial charge is 0.0940 e. The molecule has 1 aromatic heterocycles. The predicted molar refractivity (Wildman–Crippen MR) is 56.0 cm³/mol. The van der Waals surface area contributed by atoms with E-state index in [1.165, 1.54) is 12.8 Å². The van der Waals surface area contributed by atoms with Crippen LogP contribution in [0.3, 0.4) is 0 Å². The Morgan fingerprint density at radius 1 is 1.57 bits per heavy atom. The Hall–Kier alpha value is -0.800. The summed E-state index contributed by atoms with van der Waals surface area (Å²) in [6, 6.07) is 3.87. The Morgan fingerprint density at radius 3 is 3.14 bits per heavy atom. The van der Waals surface area contributed by atoms with Crippen LogP contribution in [0.2, 0.25) is 0 Å². The van der Waals surface area contributed by atoms with Gasteiger partial charge >= 0.3 is 0 Å². The van der Waals surface area contributed by atoms with Crippen LogP contribution in [-0.2, 0) is 0 Å². The summed E-state index contributed by atoms with van der Waals surface area (Å²) in [5.41, 5.74) is 0.940. The maximum Gasteiger partial charge on any atom is 0.0940 e. The van der Waals surface area contributed by atoms with Gasteiger partial charge in [0.15, 0.2) is 0 Å². The second-order valence-electron chi connectivity index (χ2n) is 4.09. The van der Waals surface area contributed by atoms with Gasteiger partial charge < -0.3 is 15.4 Å². The molecular weight excluding hydrogens is 176 g/mol. The number of aromatic amines is 1. The Labute approximate surface area is 84.5 Å². The Kier molecular flexibility index (Phi) is 3.22. The fourth-order valence-electron chi connectivity index (χ4n) is 2.12. The molecule has 2 heterocycles. The van der Waals surface area contributed by atoms with Crippen molar-refractivity contribution in [3.05, 3.63) is 24.0 Å². The summed E-state index contributed by atoms with van der Waals surface area (Å²) >= 11 is 0. The molecule has 1 saturated heterocycles. The van der Waals surface area contributed by atoms with Gasteiger partial charge in [-0.15, -0.1) is 0 Å². The molecule has 0 saturated carbocycles. The third-order valence-electron chi connectivity index (χ3n) is 2.94. The lowest BCUT2D eigenvalue weighted by atomic mass is 9.92. The minimum Gasteiger partial charge on any atom is -0.387 e. The second kappa shape index (κ2) is 4.62. The number of aromatic nitrogens is 1. The Balaban J connectivity index is 1.84. The molecule has 0 amide bonds. The largest absolute Gasteiger partial charge is 0.387 e. The first-order chi connectivity index (χ1) is 6.86. The average molecular weight is 194 g/mol. The topological polar surface area (TPSA) is 48.0 Å². The van der Waals surface area contributed by atoms with Crippen molar-refractivity contribution in [2.24, 2.45) is 5.92 Å². The third-order valence-corrected chi connectivity index (χ3v) is 2.94. The van der Waals surface area contributed by atoms with Gasteiger partial charge in [0.05, 0.1) is 6.10 Å². The molecule has 0 aromatic carbocycles. The molecule has 2 rings (SSSR count). The molecule has 2 unspecified atom stereocenters. The van der Waals surface area contributed by atoms with Crippen LogP contribution in [0.15, 0.2) is 18.3 Å². The van der Waals surface area contributed by atoms with Gasteiger partial charge in [-0.1, -0.05) is 0 Å². The highest BCUT2D eigenvalue weighted by atomic mass is 16.3. The summed E-state index contributed by atoms with van der Waals surface area (Å²) in [4.78, 5) is 3.06. The van der Waals surface area contributed by atoms with Crippen molar-refractivity contribution in [3.8, 4) is 0 Å². The van der Waals surface area contributed by atoms with E-state index in [0.29, 0.717) is 5.92 Å². The second-order valence-corrected chi connectivity index (χ2v) is 4.09. The van der Waals surface area contributed by atoms with Crippen molar-refractivity contribution in [2.75, 3.05) is 13.1 Å². The zero-order chi connectivity index (χ0) is 9.80. The first kappa shape index (κ1) is 9.74. The summed E-state index contributed by atoms with van der Waals surface area (Å²) in [7, 11) is 0. The van der Waals surface area contributed by atoms with Gasteiger partial charge in [0.2, 0.25) is 0 Å². The number of aliphatic hydroxyl groups is 1. The van der Waals surface area contributed by atoms with Gasteiger partial charge in [0.1, 0.15) is 0 Å². The molecule has 0 spiro atoms. The number of rotatable bonds is 3. The number of piperidine rings is 1. The maximum atomic E-state index is 9.90. The van der Waals surface area contributed by atoms with Gasteiger partial charge in [0, 0.05) is 11.9 Å². The van der Waals surface area contributed by atoms with Gasteiger partial charge in [-0.05, 0) is 50.4 Å². The lowest BCUT2D eigenvalue weighted by molar-refractivity contribution is 0.131. The fraction of sp³-hybridized carbons (Fsp3) is 0.636. The highest BCUT2D eigenvalue weighted by Crippen LogP contribution is 2.23. The number of aliphatic hydroxyl groups excluding tert-OH is 1. The summed E-state index contributed by atoms with van der Waals surface area (Å²) in [5, 5.41) is 13.3. The minimum absolute atomic E-state index is 0.324. The van der Waals surface area contributed by atoms with Crippen LogP contribution in [0.25, 0.3) is 0 Å². The van der Waals surface area contributed by atoms with E-state index < -0.39 is 0 Å². The van der Waals surface area contributed by atoms with Crippen LogP contribution in [0, 0.1) is 5.92 Å². The standard InChI is InChI=1S/C11H18N2O/c14-11(10-4-2-6-13-10)7-9-3-1-5-12-8-9/h2,4,6,9,11-14H,1,3,5,7-8H2. The summed E-state index contributed by atoms with van der Waals surface area (Å²) < 4.78 is 0. The first-order valence-corrected chi connectivity index (χ1v) is 5.38. The fourth-order valence-corrected chi connectivity index (χ4v) is 2.12. The van der Waals surface area contributed by atoms with Crippen molar-refractivity contribution in [1.29, 1.82) is 0 Å². The van der Waals surface area contributed by atoms with Gasteiger partial charge in [-0.3, -0.25) is 0 Å². The predicted octanol–water partition coefficient (Wildman–Crippen LogP) is 1.44. The van der Waals surface area contributed by atoms with Crippen LogP contribution in [0.1, 0.15) is 31.1 Å². The molecule has 0 radical (unpaired) electrons. The number of hydrogen-bond acceptors (Lipinski definition) is 2. The molecule has 2 atom stereocenters. The van der Waals surface area contributed by atoms with Crippen molar-refractivity contribution >= 4 is 0 Å². The molecular formula is C11H18N2O. The van der Waals surface area contributed by atoms with E-state index in [9.17, 15) is 5.11 Å². The van der Waals surface area contributed by atoms with Crippen molar-refractivity contribution in [3.63, 3.8) is 0 Å². The van der Waals surface area contributed by atoms with Crippen molar-refractivity contribution < 1.29 is 5.11 Å². The zero-order valence-electron chi connectivity index (χ0n) is 8.37. The Morgan fingerprint density at radius 2 is 2.50 bits per heavy atom. The van der Waals surface area contributed by atoms with Crippen LogP contribution in [0.4, 0.5) is 0 Å². The number of hydrogen-bond donors (Lipinski definition) is 3. The molecule has 0 aliphatic carbocycles. The summed E-state index contributed by atoms with van der Waals surface area (Å²) in [6.45, 7) is 2.19. The molecule has 3 heteroatoms. The quantitative estimate of drug-likeness (QED) is 0.682. The molecule has 0 bridgehead atoms. The molecule has 3 N–H and O–H groups in total. The van der Waals surface area contributed by atoms with E-state index in [0.717, 1.165) is 25.2 Å². The monoisotopic (exact) mass is 194 g/mol. The Bertz CT molecular complexity index is 252. The van der Waals surface area contributed by atoms with E-state index in [-0.39, 0.29) is 6.10 Å². The SMILES string of the molecule is OC(CC1CCCNC1)c1ccc[nH]1. The van der Waals surface area contributed by atoms with Gasteiger partial charge in [-0.25, -0.2) is 0 Å². The minimum atomic E-state index is -0.324. The van der Waals surface area contributed by atoms with Gasteiger partial charge in [0.25, 0.3) is 0 Å². The highest BCUT2D eigenvalue weighted by Gasteiger charge is 2.18. The molecule has 1 aromatic rings. The molecule has 14 heavy (non-hydrogen) atoms. The lowest BCUT2D eigenvalue weighted by Crippen LogP contribution is -2.30. The lowest BCUT2D eigenvalue weighted by Gasteiger charge is -2.24. The van der Waals surface area contributed by atoms with E-state index in [1.807, 2.05) is 18.3 Å².